The van der Waals surface area contributed by atoms with Crippen LogP contribution >= 0.6 is 0 Å². The van der Waals surface area contributed by atoms with E-state index in [4.69, 9.17) is 0 Å². The van der Waals surface area contributed by atoms with E-state index < -0.39 is 12.1 Å². The van der Waals surface area contributed by atoms with E-state index in [0.29, 0.717) is 29.4 Å². The molecular weight excluding hydrogens is 451 g/mol. The number of amides is 1. The number of carbonyl (C=O) groups is 1. The van der Waals surface area contributed by atoms with Crippen LogP contribution in [0.1, 0.15) is 21.9 Å². The molecule has 0 aliphatic carbocycles. The highest BCUT2D eigenvalue weighted by molar-refractivity contribution is 5.92. The molecule has 0 bridgehead atoms. The Morgan fingerprint density at radius 1 is 1.00 bits per heavy atom. The van der Waals surface area contributed by atoms with Crippen LogP contribution in [-0.4, -0.2) is 50.0 Å². The second-order valence-electron chi connectivity index (χ2n) is 7.37. The molecule has 9 nitrogen and oxygen atoms in total. The summed E-state index contributed by atoms with van der Waals surface area (Å²) < 4.78 is 42.1. The summed E-state index contributed by atoms with van der Waals surface area (Å²) in [6.07, 6.45) is -1.52. The molecule has 0 radical (unpaired) electrons. The van der Waals surface area contributed by atoms with Crippen LogP contribution in [0.3, 0.4) is 0 Å². The van der Waals surface area contributed by atoms with E-state index in [1.54, 1.807) is 69.0 Å². The zero-order chi connectivity index (χ0) is 24.3. The van der Waals surface area contributed by atoms with Gasteiger partial charge in [0.1, 0.15) is 5.69 Å². The topological polar surface area (TPSA) is 110 Å². The van der Waals surface area contributed by atoms with Crippen LogP contribution in [0.25, 0.3) is 22.6 Å². The summed E-state index contributed by atoms with van der Waals surface area (Å²) in [6, 6.07) is 11.8. The number of anilines is 1. The van der Waals surface area contributed by atoms with Crippen molar-refractivity contribution < 1.29 is 22.5 Å². The van der Waals surface area contributed by atoms with Crippen LogP contribution in [0.15, 0.2) is 59.4 Å². The third-order valence-electron chi connectivity index (χ3n) is 4.67. The summed E-state index contributed by atoms with van der Waals surface area (Å²) in [5.41, 5.74) is 2.92. The molecule has 1 aromatic carbocycles. The monoisotopic (exact) mass is 469 g/mol. The molecule has 1 N–H and O–H groups in total. The molecule has 174 valence electrons. The zero-order valence-electron chi connectivity index (χ0n) is 18.0. The highest BCUT2D eigenvalue weighted by atomic mass is 19.4. The number of nitrogens with zero attached hydrogens (tertiary/aromatic N) is 6. The number of hydrogen-bond acceptors (Lipinski definition) is 8. The lowest BCUT2D eigenvalue weighted by molar-refractivity contribution is -0.159. The Kier molecular flexibility index (Phi) is 6.21. The van der Waals surface area contributed by atoms with Crippen LogP contribution in [0, 0.1) is 0 Å². The fourth-order valence-corrected chi connectivity index (χ4v) is 2.91. The van der Waals surface area contributed by atoms with Gasteiger partial charge in [-0.15, -0.1) is 0 Å². The SMILES string of the molecule is CN(C)C(=O)c1ccc(-c2ccnc(NCc3ccc(-c4noc(C(F)(F)F)n4)cc3)n2)cn1. The first-order chi connectivity index (χ1) is 16.2. The first-order valence-corrected chi connectivity index (χ1v) is 9.96. The van der Waals surface area contributed by atoms with Gasteiger partial charge in [-0.3, -0.25) is 9.78 Å². The summed E-state index contributed by atoms with van der Waals surface area (Å²) in [5.74, 6) is -1.35. The number of halogens is 3. The molecule has 1 amide bonds. The third kappa shape index (κ3) is 5.17. The van der Waals surface area contributed by atoms with Crippen molar-refractivity contribution in [2.45, 2.75) is 12.7 Å². The molecule has 3 aromatic heterocycles. The van der Waals surface area contributed by atoms with Crippen LogP contribution in [0.4, 0.5) is 19.1 Å². The van der Waals surface area contributed by atoms with Gasteiger partial charge in [0, 0.05) is 44.2 Å². The number of rotatable bonds is 6. The van der Waals surface area contributed by atoms with Gasteiger partial charge in [0.15, 0.2) is 0 Å². The Bertz CT molecular complexity index is 1290. The molecule has 0 fully saturated rings. The van der Waals surface area contributed by atoms with Crippen molar-refractivity contribution in [2.24, 2.45) is 0 Å². The minimum atomic E-state index is -4.69. The molecule has 0 aliphatic heterocycles. The van der Waals surface area contributed by atoms with Gasteiger partial charge in [-0.25, -0.2) is 9.97 Å². The maximum Gasteiger partial charge on any atom is 0.471 e. The van der Waals surface area contributed by atoms with Crippen molar-refractivity contribution in [3.05, 3.63) is 72.0 Å². The quantitative estimate of drug-likeness (QED) is 0.453. The molecule has 3 heterocycles. The van der Waals surface area contributed by atoms with E-state index >= 15 is 0 Å². The summed E-state index contributed by atoms with van der Waals surface area (Å²) in [7, 11) is 3.31. The molecule has 34 heavy (non-hydrogen) atoms. The molecule has 4 aromatic rings. The van der Waals surface area contributed by atoms with Crippen LogP contribution in [-0.2, 0) is 12.7 Å². The first kappa shape index (κ1) is 22.8. The highest BCUT2D eigenvalue weighted by Gasteiger charge is 2.38. The second kappa shape index (κ2) is 9.25. The van der Waals surface area contributed by atoms with E-state index in [9.17, 15) is 18.0 Å². The third-order valence-corrected chi connectivity index (χ3v) is 4.67. The number of nitrogens with one attached hydrogen (secondary N) is 1. The standard InChI is InChI=1S/C22H18F3N7O2/c1-32(2)19(33)17-8-7-15(12-27-17)16-9-10-26-21(29-16)28-11-13-3-5-14(6-4-13)18-30-20(34-31-18)22(23,24)25/h3-10,12H,11H2,1-2H3,(H,26,28,29). The molecule has 0 aliphatic rings. The van der Waals surface area contributed by atoms with Crippen molar-refractivity contribution in [1.29, 1.82) is 0 Å². The largest absolute Gasteiger partial charge is 0.471 e. The number of hydrogen-bond donors (Lipinski definition) is 1. The van der Waals surface area contributed by atoms with E-state index in [-0.39, 0.29) is 11.7 Å². The average Bonchev–Trinajstić information content (AvgIpc) is 3.34. The van der Waals surface area contributed by atoms with E-state index in [1.165, 1.54) is 4.90 Å². The maximum absolute atomic E-state index is 12.6. The average molecular weight is 469 g/mol. The molecule has 0 spiro atoms. The second-order valence-corrected chi connectivity index (χ2v) is 7.37. The maximum atomic E-state index is 12.6. The van der Waals surface area contributed by atoms with Gasteiger partial charge in [0.05, 0.1) is 5.69 Å². The van der Waals surface area contributed by atoms with E-state index in [0.717, 1.165) is 11.1 Å². The number of alkyl halides is 3. The van der Waals surface area contributed by atoms with Gasteiger partial charge in [-0.2, -0.15) is 18.2 Å². The molecule has 0 unspecified atom stereocenters. The normalized spacial score (nSPS) is 11.3. The van der Waals surface area contributed by atoms with Crippen LogP contribution < -0.4 is 5.32 Å². The van der Waals surface area contributed by atoms with Crippen molar-refractivity contribution >= 4 is 11.9 Å². The Morgan fingerprint density at radius 3 is 2.35 bits per heavy atom. The van der Waals surface area contributed by atoms with Gasteiger partial charge >= 0.3 is 12.1 Å². The molecule has 4 rings (SSSR count). The molecular formula is C22H18F3N7O2. The van der Waals surface area contributed by atoms with Gasteiger partial charge < -0.3 is 14.7 Å². The molecule has 12 heteroatoms. The Hall–Kier alpha value is -4.35. The van der Waals surface area contributed by atoms with Crippen LogP contribution in [0.2, 0.25) is 0 Å². The Morgan fingerprint density at radius 2 is 1.74 bits per heavy atom. The van der Waals surface area contributed by atoms with Gasteiger partial charge in [-0.1, -0.05) is 29.4 Å². The van der Waals surface area contributed by atoms with Crippen LogP contribution in [0.5, 0.6) is 0 Å². The predicted molar refractivity (Wildman–Crippen MR) is 115 cm³/mol. The predicted octanol–water partition coefficient (Wildman–Crippen LogP) is 3.92. The minimum Gasteiger partial charge on any atom is -0.350 e. The summed E-state index contributed by atoms with van der Waals surface area (Å²) >= 11 is 0. The first-order valence-electron chi connectivity index (χ1n) is 9.96. The summed E-state index contributed by atoms with van der Waals surface area (Å²) in [4.78, 5) is 29.7. The fourth-order valence-electron chi connectivity index (χ4n) is 2.91. The van der Waals surface area contributed by atoms with Gasteiger partial charge in [0.2, 0.25) is 11.8 Å². The van der Waals surface area contributed by atoms with Crippen molar-refractivity contribution in [3.8, 4) is 22.6 Å². The van der Waals surface area contributed by atoms with Gasteiger partial charge in [-0.05, 0) is 23.8 Å². The Labute approximate surface area is 191 Å². The number of benzene rings is 1. The smallest absolute Gasteiger partial charge is 0.350 e. The molecule has 0 saturated heterocycles. The summed E-state index contributed by atoms with van der Waals surface area (Å²) in [5, 5.41) is 6.47. The number of pyridine rings is 1. The lowest BCUT2D eigenvalue weighted by atomic mass is 10.1. The van der Waals surface area contributed by atoms with E-state index in [2.05, 4.69) is 34.9 Å². The van der Waals surface area contributed by atoms with Gasteiger partial charge in [0.25, 0.3) is 5.91 Å². The molecule has 0 saturated carbocycles. The number of aromatic nitrogens is 5. The lowest BCUT2D eigenvalue weighted by Gasteiger charge is -2.10. The molecule has 0 atom stereocenters. The summed E-state index contributed by atoms with van der Waals surface area (Å²) in [6.45, 7) is 0.373. The highest BCUT2D eigenvalue weighted by Crippen LogP contribution is 2.29. The lowest BCUT2D eigenvalue weighted by Crippen LogP contribution is -2.22. The van der Waals surface area contributed by atoms with Crippen molar-refractivity contribution in [3.63, 3.8) is 0 Å². The van der Waals surface area contributed by atoms with Crippen molar-refractivity contribution in [1.82, 2.24) is 30.0 Å². The minimum absolute atomic E-state index is 0.144. The Balaban J connectivity index is 1.41. The zero-order valence-corrected chi connectivity index (χ0v) is 18.0. The van der Waals surface area contributed by atoms with Crippen molar-refractivity contribution in [2.75, 3.05) is 19.4 Å². The fraction of sp³-hybridized carbons (Fsp3) is 0.182. The number of carbonyl (C=O) groups excluding carboxylic acids is 1. The van der Waals surface area contributed by atoms with E-state index in [1.807, 2.05) is 0 Å².